The Balaban J connectivity index is 2.95. The lowest BCUT2D eigenvalue weighted by atomic mass is 9.86. The van der Waals surface area contributed by atoms with E-state index in [-0.39, 0.29) is 11.2 Å². The minimum Gasteiger partial charge on any atom is -0.294 e. The Bertz CT molecular complexity index is 345. The fraction of sp³-hybridized carbons (Fsp3) is 0.500. The largest absolute Gasteiger partial charge is 0.294 e. The third-order valence-corrected chi connectivity index (χ3v) is 2.41. The van der Waals surface area contributed by atoms with Crippen LogP contribution < -0.4 is 0 Å². The molecule has 0 radical (unpaired) electrons. The van der Waals surface area contributed by atoms with Gasteiger partial charge in [0.25, 0.3) is 0 Å². The van der Waals surface area contributed by atoms with Crippen molar-refractivity contribution in [3.05, 3.63) is 35.4 Å². The van der Waals surface area contributed by atoms with Gasteiger partial charge in [0.15, 0.2) is 5.78 Å². The molecule has 0 atom stereocenters. The molecule has 1 rings (SSSR count). The van der Waals surface area contributed by atoms with Gasteiger partial charge in [-0.25, -0.2) is 0 Å². The van der Waals surface area contributed by atoms with Crippen molar-refractivity contribution in [2.75, 3.05) is 0 Å². The van der Waals surface area contributed by atoms with Crippen LogP contribution in [0.15, 0.2) is 24.3 Å². The van der Waals surface area contributed by atoms with Gasteiger partial charge in [-0.2, -0.15) is 0 Å². The first-order valence-electron chi connectivity index (χ1n) is 5.59. The quantitative estimate of drug-likeness (QED) is 0.683. The summed E-state index contributed by atoms with van der Waals surface area (Å²) in [6, 6.07) is 8.00. The molecule has 1 nitrogen and oxygen atoms in total. The molecule has 0 aromatic heterocycles. The van der Waals surface area contributed by atoms with Crippen LogP contribution in [0.1, 0.15) is 50.0 Å². The Morgan fingerprint density at radius 2 is 1.93 bits per heavy atom. The molecular formula is C14H20O. The number of carbonyl (C=O) groups excluding carboxylic acids is 1. The van der Waals surface area contributed by atoms with Gasteiger partial charge < -0.3 is 0 Å². The molecule has 0 heterocycles. The number of hydrogen-bond acceptors (Lipinski definition) is 1. The molecule has 0 amide bonds. The van der Waals surface area contributed by atoms with E-state index in [1.807, 2.05) is 39.0 Å². The van der Waals surface area contributed by atoms with E-state index in [1.165, 1.54) is 5.56 Å². The van der Waals surface area contributed by atoms with Gasteiger partial charge in [0.1, 0.15) is 0 Å². The molecule has 0 unspecified atom stereocenters. The number of rotatable bonds is 3. The lowest BCUT2D eigenvalue weighted by Crippen LogP contribution is -2.20. The maximum absolute atomic E-state index is 12.0. The highest BCUT2D eigenvalue weighted by molar-refractivity contribution is 5.99. The Morgan fingerprint density at radius 1 is 1.27 bits per heavy atom. The summed E-state index contributed by atoms with van der Waals surface area (Å²) in [5, 5.41) is 0. The standard InChI is InChI=1S/C14H20O/c1-5-7-11-8-6-9-12(10-11)13(15)14(2,3)4/h6,8-10H,5,7H2,1-4H3. The molecule has 0 spiro atoms. The minimum atomic E-state index is -0.287. The molecule has 82 valence electrons. The van der Waals surface area contributed by atoms with Crippen LogP contribution in [0, 0.1) is 5.41 Å². The summed E-state index contributed by atoms with van der Waals surface area (Å²) in [6.07, 6.45) is 2.17. The number of hydrogen-bond donors (Lipinski definition) is 0. The average molecular weight is 204 g/mol. The van der Waals surface area contributed by atoms with Crippen LogP contribution in [0.2, 0.25) is 0 Å². The van der Waals surface area contributed by atoms with Crippen molar-refractivity contribution >= 4 is 5.78 Å². The third kappa shape index (κ3) is 3.19. The molecule has 1 aromatic rings. The molecule has 0 aliphatic carbocycles. The summed E-state index contributed by atoms with van der Waals surface area (Å²) in [4.78, 5) is 12.0. The Hall–Kier alpha value is -1.11. The van der Waals surface area contributed by atoms with E-state index >= 15 is 0 Å². The summed E-state index contributed by atoms with van der Waals surface area (Å²) in [7, 11) is 0. The third-order valence-electron chi connectivity index (χ3n) is 2.41. The Morgan fingerprint density at radius 3 is 2.47 bits per heavy atom. The summed E-state index contributed by atoms with van der Waals surface area (Å²) in [5.41, 5.74) is 1.81. The van der Waals surface area contributed by atoms with Crippen molar-refractivity contribution in [1.82, 2.24) is 0 Å². The molecule has 0 saturated carbocycles. The van der Waals surface area contributed by atoms with Crippen LogP contribution >= 0.6 is 0 Å². The van der Waals surface area contributed by atoms with Gasteiger partial charge in [-0.3, -0.25) is 4.79 Å². The van der Waals surface area contributed by atoms with Gasteiger partial charge >= 0.3 is 0 Å². The molecule has 0 aliphatic heterocycles. The van der Waals surface area contributed by atoms with Crippen molar-refractivity contribution < 1.29 is 4.79 Å². The van der Waals surface area contributed by atoms with Crippen LogP contribution in [0.5, 0.6) is 0 Å². The molecule has 1 aromatic carbocycles. The SMILES string of the molecule is CCCc1cccc(C(=O)C(C)(C)C)c1. The topological polar surface area (TPSA) is 17.1 Å². The van der Waals surface area contributed by atoms with Crippen molar-refractivity contribution in [3.8, 4) is 0 Å². The first-order valence-corrected chi connectivity index (χ1v) is 5.59. The number of aryl methyl sites for hydroxylation is 1. The highest BCUT2D eigenvalue weighted by Crippen LogP contribution is 2.21. The Kier molecular flexibility index (Phi) is 3.67. The average Bonchev–Trinajstić information content (AvgIpc) is 2.16. The van der Waals surface area contributed by atoms with Crippen LogP contribution in [0.25, 0.3) is 0 Å². The van der Waals surface area contributed by atoms with Crippen LogP contribution in [-0.4, -0.2) is 5.78 Å². The second kappa shape index (κ2) is 4.61. The van der Waals surface area contributed by atoms with E-state index in [2.05, 4.69) is 13.0 Å². The van der Waals surface area contributed by atoms with Gasteiger partial charge in [0, 0.05) is 11.0 Å². The van der Waals surface area contributed by atoms with Gasteiger partial charge in [-0.1, -0.05) is 52.3 Å². The predicted molar refractivity (Wildman–Crippen MR) is 64.2 cm³/mol. The number of ketones is 1. The van der Waals surface area contributed by atoms with Gasteiger partial charge in [-0.15, -0.1) is 0 Å². The van der Waals surface area contributed by atoms with E-state index in [9.17, 15) is 4.79 Å². The van der Waals surface area contributed by atoms with E-state index in [0.717, 1.165) is 18.4 Å². The number of carbonyl (C=O) groups is 1. The van der Waals surface area contributed by atoms with E-state index in [0.29, 0.717) is 0 Å². The first kappa shape index (κ1) is 12.0. The van der Waals surface area contributed by atoms with Crippen molar-refractivity contribution in [2.24, 2.45) is 5.41 Å². The maximum Gasteiger partial charge on any atom is 0.168 e. The zero-order chi connectivity index (χ0) is 11.5. The summed E-state index contributed by atoms with van der Waals surface area (Å²) in [5.74, 6) is 0.223. The zero-order valence-electron chi connectivity index (χ0n) is 10.1. The number of Topliss-reactive ketones (excluding diaryl/α,β-unsaturated/α-hetero) is 1. The zero-order valence-corrected chi connectivity index (χ0v) is 10.1. The summed E-state index contributed by atoms with van der Waals surface area (Å²) in [6.45, 7) is 8.03. The van der Waals surface area contributed by atoms with Gasteiger partial charge in [0.05, 0.1) is 0 Å². The van der Waals surface area contributed by atoms with Crippen LogP contribution in [-0.2, 0) is 6.42 Å². The predicted octanol–water partition coefficient (Wildman–Crippen LogP) is 3.87. The highest BCUT2D eigenvalue weighted by atomic mass is 16.1. The monoisotopic (exact) mass is 204 g/mol. The Labute approximate surface area is 92.5 Å². The van der Waals surface area contributed by atoms with E-state index in [1.54, 1.807) is 0 Å². The fourth-order valence-electron chi connectivity index (χ4n) is 1.59. The van der Waals surface area contributed by atoms with Crippen molar-refractivity contribution in [2.45, 2.75) is 40.5 Å². The normalized spacial score (nSPS) is 11.5. The van der Waals surface area contributed by atoms with E-state index < -0.39 is 0 Å². The molecule has 15 heavy (non-hydrogen) atoms. The highest BCUT2D eigenvalue weighted by Gasteiger charge is 2.22. The minimum absolute atomic E-state index is 0.223. The first-order chi connectivity index (χ1) is 6.95. The smallest absolute Gasteiger partial charge is 0.168 e. The second-order valence-corrected chi connectivity index (χ2v) is 5.03. The van der Waals surface area contributed by atoms with Crippen LogP contribution in [0.4, 0.5) is 0 Å². The van der Waals surface area contributed by atoms with Crippen molar-refractivity contribution in [1.29, 1.82) is 0 Å². The van der Waals surface area contributed by atoms with Gasteiger partial charge in [0.2, 0.25) is 0 Å². The van der Waals surface area contributed by atoms with Crippen molar-refractivity contribution in [3.63, 3.8) is 0 Å². The number of benzene rings is 1. The molecule has 0 aliphatic rings. The maximum atomic E-state index is 12.0. The molecule has 0 saturated heterocycles. The molecule has 0 bridgehead atoms. The molecule has 1 heteroatoms. The molecule has 0 fully saturated rings. The molecular weight excluding hydrogens is 184 g/mol. The van der Waals surface area contributed by atoms with E-state index in [4.69, 9.17) is 0 Å². The summed E-state index contributed by atoms with van der Waals surface area (Å²) >= 11 is 0. The lowest BCUT2D eigenvalue weighted by molar-refractivity contribution is 0.0858. The lowest BCUT2D eigenvalue weighted by Gasteiger charge is -2.16. The van der Waals surface area contributed by atoms with Crippen LogP contribution in [0.3, 0.4) is 0 Å². The van der Waals surface area contributed by atoms with Gasteiger partial charge in [-0.05, 0) is 18.1 Å². The fourth-order valence-corrected chi connectivity index (χ4v) is 1.59. The molecule has 0 N–H and O–H groups in total. The second-order valence-electron chi connectivity index (χ2n) is 5.03. The summed E-state index contributed by atoms with van der Waals surface area (Å²) < 4.78 is 0.